The molecule has 2 heteroatoms. The number of nitrogens with one attached hydrogen (secondary N) is 1. The molecule has 1 heterocycles. The SMILES string of the molecule is CCc1c(C(C)NC(C)C2CCC2)oc2ccccc12. The van der Waals surface area contributed by atoms with E-state index in [1.165, 1.54) is 30.2 Å². The van der Waals surface area contributed by atoms with Crippen LogP contribution in [0.4, 0.5) is 0 Å². The molecule has 2 unspecified atom stereocenters. The van der Waals surface area contributed by atoms with E-state index in [0.717, 1.165) is 23.7 Å². The molecule has 1 N–H and O–H groups in total. The number of hydrogen-bond donors (Lipinski definition) is 1. The Kier molecular flexibility index (Phi) is 3.84. The fourth-order valence-electron chi connectivity index (χ4n) is 3.38. The Morgan fingerprint density at radius 3 is 2.65 bits per heavy atom. The number of rotatable bonds is 5. The van der Waals surface area contributed by atoms with Crippen LogP contribution in [0.25, 0.3) is 11.0 Å². The number of hydrogen-bond acceptors (Lipinski definition) is 2. The molecular weight excluding hydrogens is 246 g/mol. The van der Waals surface area contributed by atoms with Crippen LogP contribution in [-0.4, -0.2) is 6.04 Å². The minimum Gasteiger partial charge on any atom is -0.459 e. The van der Waals surface area contributed by atoms with Gasteiger partial charge in [-0.05, 0) is 45.1 Å². The third-order valence-corrected chi connectivity index (χ3v) is 4.85. The van der Waals surface area contributed by atoms with Gasteiger partial charge in [-0.3, -0.25) is 0 Å². The zero-order valence-corrected chi connectivity index (χ0v) is 12.8. The van der Waals surface area contributed by atoms with Crippen LogP contribution in [0, 0.1) is 5.92 Å². The Morgan fingerprint density at radius 1 is 1.25 bits per heavy atom. The lowest BCUT2D eigenvalue weighted by Gasteiger charge is -2.33. The predicted molar refractivity (Wildman–Crippen MR) is 83.9 cm³/mol. The molecule has 0 bridgehead atoms. The highest BCUT2D eigenvalue weighted by atomic mass is 16.3. The molecule has 0 saturated heterocycles. The van der Waals surface area contributed by atoms with Crippen molar-refractivity contribution in [2.24, 2.45) is 5.92 Å². The first kappa shape index (κ1) is 13.7. The minimum absolute atomic E-state index is 0.285. The van der Waals surface area contributed by atoms with Crippen LogP contribution < -0.4 is 5.32 Å². The zero-order chi connectivity index (χ0) is 14.1. The number of furan rings is 1. The van der Waals surface area contributed by atoms with Crippen molar-refractivity contribution in [3.05, 3.63) is 35.6 Å². The zero-order valence-electron chi connectivity index (χ0n) is 12.8. The van der Waals surface area contributed by atoms with Crippen LogP contribution >= 0.6 is 0 Å². The van der Waals surface area contributed by atoms with E-state index in [1.54, 1.807) is 0 Å². The fraction of sp³-hybridized carbons (Fsp3) is 0.556. The largest absolute Gasteiger partial charge is 0.459 e. The van der Waals surface area contributed by atoms with Crippen molar-refractivity contribution in [2.45, 2.75) is 58.5 Å². The number of para-hydroxylation sites is 1. The van der Waals surface area contributed by atoms with Gasteiger partial charge in [-0.25, -0.2) is 0 Å². The third-order valence-electron chi connectivity index (χ3n) is 4.85. The van der Waals surface area contributed by atoms with E-state index in [1.807, 2.05) is 6.07 Å². The van der Waals surface area contributed by atoms with Gasteiger partial charge < -0.3 is 9.73 Å². The van der Waals surface area contributed by atoms with Crippen LogP contribution in [0.2, 0.25) is 0 Å². The lowest BCUT2D eigenvalue weighted by molar-refractivity contribution is 0.224. The van der Waals surface area contributed by atoms with E-state index < -0.39 is 0 Å². The van der Waals surface area contributed by atoms with E-state index in [0.29, 0.717) is 6.04 Å². The quantitative estimate of drug-likeness (QED) is 0.842. The summed E-state index contributed by atoms with van der Waals surface area (Å²) in [7, 11) is 0. The smallest absolute Gasteiger partial charge is 0.134 e. The van der Waals surface area contributed by atoms with Crippen molar-refractivity contribution in [3.8, 4) is 0 Å². The second-order valence-electron chi connectivity index (χ2n) is 6.16. The summed E-state index contributed by atoms with van der Waals surface area (Å²) in [6, 6.07) is 9.24. The maximum absolute atomic E-state index is 6.12. The summed E-state index contributed by atoms with van der Waals surface area (Å²) in [6.45, 7) is 6.75. The molecule has 1 fully saturated rings. The molecular formula is C18H25NO. The van der Waals surface area contributed by atoms with E-state index in [9.17, 15) is 0 Å². The van der Waals surface area contributed by atoms with Crippen molar-refractivity contribution in [3.63, 3.8) is 0 Å². The Hall–Kier alpha value is -1.28. The molecule has 1 saturated carbocycles. The van der Waals surface area contributed by atoms with Crippen molar-refractivity contribution in [1.82, 2.24) is 5.32 Å². The molecule has 0 spiro atoms. The lowest BCUT2D eigenvalue weighted by Crippen LogP contribution is -2.38. The molecule has 3 rings (SSSR count). The molecule has 0 radical (unpaired) electrons. The molecule has 2 nitrogen and oxygen atoms in total. The predicted octanol–water partition coefficient (Wildman–Crippen LogP) is 4.83. The lowest BCUT2D eigenvalue weighted by atomic mass is 9.80. The van der Waals surface area contributed by atoms with Gasteiger partial charge in [0.2, 0.25) is 0 Å². The minimum atomic E-state index is 0.285. The maximum Gasteiger partial charge on any atom is 0.134 e. The molecule has 1 aromatic carbocycles. The number of benzene rings is 1. The second kappa shape index (κ2) is 5.61. The Bertz CT molecular complexity index is 582. The molecule has 1 aliphatic rings. The van der Waals surface area contributed by atoms with Crippen molar-refractivity contribution in [1.29, 1.82) is 0 Å². The molecule has 2 atom stereocenters. The molecule has 2 aromatic rings. The van der Waals surface area contributed by atoms with Gasteiger partial charge in [0.25, 0.3) is 0 Å². The number of fused-ring (bicyclic) bond motifs is 1. The van der Waals surface area contributed by atoms with Crippen molar-refractivity contribution < 1.29 is 4.42 Å². The first-order valence-electron chi connectivity index (χ1n) is 7.97. The van der Waals surface area contributed by atoms with Gasteiger partial charge in [0.05, 0.1) is 6.04 Å². The van der Waals surface area contributed by atoms with Crippen molar-refractivity contribution in [2.75, 3.05) is 0 Å². The van der Waals surface area contributed by atoms with Gasteiger partial charge in [0.1, 0.15) is 11.3 Å². The van der Waals surface area contributed by atoms with Crippen LogP contribution in [0.5, 0.6) is 0 Å². The standard InChI is InChI=1S/C18H25NO/c1-4-15-16-10-5-6-11-17(16)20-18(15)13(3)19-12(2)14-8-7-9-14/h5-6,10-14,19H,4,7-9H2,1-3H3. The molecule has 108 valence electrons. The summed E-state index contributed by atoms with van der Waals surface area (Å²) < 4.78 is 6.12. The summed E-state index contributed by atoms with van der Waals surface area (Å²) in [5.74, 6) is 1.98. The van der Waals surface area contributed by atoms with Gasteiger partial charge in [-0.2, -0.15) is 0 Å². The van der Waals surface area contributed by atoms with Crippen molar-refractivity contribution >= 4 is 11.0 Å². The second-order valence-corrected chi connectivity index (χ2v) is 6.16. The Morgan fingerprint density at radius 2 is 2.00 bits per heavy atom. The summed E-state index contributed by atoms with van der Waals surface area (Å²) >= 11 is 0. The Balaban J connectivity index is 1.84. The highest BCUT2D eigenvalue weighted by Crippen LogP contribution is 2.33. The monoisotopic (exact) mass is 271 g/mol. The van der Waals surface area contributed by atoms with Gasteiger partial charge >= 0.3 is 0 Å². The fourth-order valence-corrected chi connectivity index (χ4v) is 3.38. The van der Waals surface area contributed by atoms with Crippen LogP contribution in [0.15, 0.2) is 28.7 Å². The van der Waals surface area contributed by atoms with Gasteiger partial charge in [0, 0.05) is 17.0 Å². The highest BCUT2D eigenvalue weighted by Gasteiger charge is 2.26. The summed E-state index contributed by atoms with van der Waals surface area (Å²) in [5, 5.41) is 5.01. The topological polar surface area (TPSA) is 25.2 Å². The van der Waals surface area contributed by atoms with Gasteiger partial charge in [-0.15, -0.1) is 0 Å². The summed E-state index contributed by atoms with van der Waals surface area (Å²) in [4.78, 5) is 0. The van der Waals surface area contributed by atoms with Crippen LogP contribution in [-0.2, 0) is 6.42 Å². The molecule has 0 aliphatic heterocycles. The average Bonchev–Trinajstić information content (AvgIpc) is 2.74. The maximum atomic E-state index is 6.12. The van der Waals surface area contributed by atoms with E-state index in [-0.39, 0.29) is 6.04 Å². The normalized spacial score (nSPS) is 18.9. The van der Waals surface area contributed by atoms with Gasteiger partial charge in [-0.1, -0.05) is 31.5 Å². The summed E-state index contributed by atoms with van der Waals surface area (Å²) in [6.07, 6.45) is 5.18. The molecule has 1 aromatic heterocycles. The van der Waals surface area contributed by atoms with Crippen LogP contribution in [0.1, 0.15) is 57.4 Å². The third kappa shape index (κ3) is 2.37. The first-order chi connectivity index (χ1) is 9.70. The Labute approximate surface area is 121 Å². The highest BCUT2D eigenvalue weighted by molar-refractivity contribution is 5.82. The molecule has 20 heavy (non-hydrogen) atoms. The van der Waals surface area contributed by atoms with Gasteiger partial charge in [0.15, 0.2) is 0 Å². The number of aryl methyl sites for hydroxylation is 1. The average molecular weight is 271 g/mol. The van der Waals surface area contributed by atoms with Crippen LogP contribution in [0.3, 0.4) is 0 Å². The van der Waals surface area contributed by atoms with E-state index in [4.69, 9.17) is 4.42 Å². The first-order valence-corrected chi connectivity index (χ1v) is 7.97. The van der Waals surface area contributed by atoms with E-state index in [2.05, 4.69) is 44.3 Å². The summed E-state index contributed by atoms with van der Waals surface area (Å²) in [5.41, 5.74) is 2.38. The molecule has 1 aliphatic carbocycles. The van der Waals surface area contributed by atoms with E-state index >= 15 is 0 Å². The molecule has 0 amide bonds.